The fraction of sp³-hybridized carbons (Fsp3) is 0.400. The van der Waals surface area contributed by atoms with E-state index in [2.05, 4.69) is 9.97 Å². The van der Waals surface area contributed by atoms with Crippen molar-refractivity contribution < 1.29 is 14.7 Å². The molecular weight excluding hydrogens is 270 g/mol. The highest BCUT2D eigenvalue weighted by atomic mass is 16.4. The van der Waals surface area contributed by atoms with E-state index >= 15 is 0 Å². The van der Waals surface area contributed by atoms with Gasteiger partial charge < -0.3 is 15.0 Å². The van der Waals surface area contributed by atoms with Gasteiger partial charge in [-0.1, -0.05) is 0 Å². The first-order valence-electron chi connectivity index (χ1n) is 6.95. The predicted octanol–water partition coefficient (Wildman–Crippen LogP) is 2.28. The molecule has 1 aromatic carbocycles. The third-order valence-corrected chi connectivity index (χ3v) is 3.34. The van der Waals surface area contributed by atoms with E-state index in [9.17, 15) is 9.59 Å². The fourth-order valence-electron chi connectivity index (χ4n) is 2.23. The minimum atomic E-state index is -0.843. The molecular formula is C15H19N3O3. The molecule has 1 aromatic heterocycles. The number of H-pyrrole nitrogens is 1. The standard InChI is InChI=1S/C15H19N3O3/c1-10(2)18(7-3-4-14(19)20)15(21)11-5-6-12-13(8-11)17-9-16-12/h5-6,8-10H,3-4,7H2,1-2H3,(H,16,17)(H,19,20). The molecule has 1 amide bonds. The van der Waals surface area contributed by atoms with Gasteiger partial charge in [0.2, 0.25) is 0 Å². The normalized spacial score (nSPS) is 11.0. The third-order valence-electron chi connectivity index (χ3n) is 3.34. The molecule has 0 atom stereocenters. The number of rotatable bonds is 6. The number of hydrogen-bond acceptors (Lipinski definition) is 3. The number of imidazole rings is 1. The van der Waals surface area contributed by atoms with Crippen LogP contribution in [0.25, 0.3) is 11.0 Å². The summed E-state index contributed by atoms with van der Waals surface area (Å²) in [5.74, 6) is -0.933. The van der Waals surface area contributed by atoms with Crippen LogP contribution in [0.4, 0.5) is 0 Å². The second kappa shape index (κ2) is 6.39. The SMILES string of the molecule is CC(C)N(CCCC(=O)O)C(=O)c1ccc2nc[nH]c2c1. The highest BCUT2D eigenvalue weighted by molar-refractivity contribution is 5.97. The maximum atomic E-state index is 12.6. The van der Waals surface area contributed by atoms with Gasteiger partial charge in [-0.3, -0.25) is 9.59 Å². The monoisotopic (exact) mass is 289 g/mol. The Morgan fingerprint density at radius 2 is 2.14 bits per heavy atom. The number of aromatic nitrogens is 2. The van der Waals surface area contributed by atoms with Crippen molar-refractivity contribution in [3.63, 3.8) is 0 Å². The third kappa shape index (κ3) is 3.59. The summed E-state index contributed by atoms with van der Waals surface area (Å²) in [6.45, 7) is 4.28. The van der Waals surface area contributed by atoms with Crippen LogP contribution in [0.3, 0.4) is 0 Å². The Kier molecular flexibility index (Phi) is 4.57. The van der Waals surface area contributed by atoms with Gasteiger partial charge in [-0.15, -0.1) is 0 Å². The molecule has 21 heavy (non-hydrogen) atoms. The van der Waals surface area contributed by atoms with Crippen LogP contribution in [0.1, 0.15) is 37.0 Å². The van der Waals surface area contributed by atoms with Crippen molar-refractivity contribution in [3.8, 4) is 0 Å². The van der Waals surface area contributed by atoms with Crippen molar-refractivity contribution in [3.05, 3.63) is 30.1 Å². The molecule has 0 unspecified atom stereocenters. The summed E-state index contributed by atoms with van der Waals surface area (Å²) in [4.78, 5) is 32.0. The number of carboxylic acids is 1. The number of amides is 1. The molecule has 0 aliphatic rings. The largest absolute Gasteiger partial charge is 0.481 e. The lowest BCUT2D eigenvalue weighted by Crippen LogP contribution is -2.37. The second-order valence-corrected chi connectivity index (χ2v) is 5.22. The number of aromatic amines is 1. The van der Waals surface area contributed by atoms with Gasteiger partial charge in [0.25, 0.3) is 5.91 Å². The van der Waals surface area contributed by atoms with Crippen molar-refractivity contribution in [1.82, 2.24) is 14.9 Å². The number of aliphatic carboxylic acids is 1. The van der Waals surface area contributed by atoms with Crippen molar-refractivity contribution in [1.29, 1.82) is 0 Å². The number of fused-ring (bicyclic) bond motifs is 1. The number of carbonyl (C=O) groups is 2. The zero-order valence-electron chi connectivity index (χ0n) is 12.2. The van der Waals surface area contributed by atoms with E-state index in [0.717, 1.165) is 11.0 Å². The Morgan fingerprint density at radius 1 is 1.38 bits per heavy atom. The van der Waals surface area contributed by atoms with Crippen LogP contribution in [0.2, 0.25) is 0 Å². The lowest BCUT2D eigenvalue weighted by atomic mass is 10.1. The van der Waals surface area contributed by atoms with E-state index < -0.39 is 5.97 Å². The highest BCUT2D eigenvalue weighted by Gasteiger charge is 2.19. The Morgan fingerprint density at radius 3 is 2.81 bits per heavy atom. The topological polar surface area (TPSA) is 86.3 Å². The van der Waals surface area contributed by atoms with Gasteiger partial charge in [-0.05, 0) is 38.5 Å². The van der Waals surface area contributed by atoms with Crippen LogP contribution >= 0.6 is 0 Å². The van der Waals surface area contributed by atoms with E-state index in [0.29, 0.717) is 18.5 Å². The number of nitrogens with zero attached hydrogens (tertiary/aromatic N) is 2. The Bertz CT molecular complexity index is 648. The van der Waals surface area contributed by atoms with Crippen LogP contribution in [0.15, 0.2) is 24.5 Å². The first kappa shape index (κ1) is 15.0. The van der Waals surface area contributed by atoms with Gasteiger partial charge in [-0.2, -0.15) is 0 Å². The molecule has 0 fully saturated rings. The first-order chi connectivity index (χ1) is 9.99. The number of hydrogen-bond donors (Lipinski definition) is 2. The average molecular weight is 289 g/mol. The van der Waals surface area contributed by atoms with Crippen molar-refractivity contribution >= 4 is 22.9 Å². The lowest BCUT2D eigenvalue weighted by Gasteiger charge is -2.26. The van der Waals surface area contributed by atoms with Crippen LogP contribution in [-0.4, -0.2) is 44.4 Å². The minimum Gasteiger partial charge on any atom is -0.481 e. The number of carbonyl (C=O) groups excluding carboxylic acids is 1. The van der Waals surface area contributed by atoms with Crippen LogP contribution in [-0.2, 0) is 4.79 Å². The molecule has 2 aromatic rings. The first-order valence-corrected chi connectivity index (χ1v) is 6.95. The van der Waals surface area contributed by atoms with Gasteiger partial charge in [0.15, 0.2) is 0 Å². The van der Waals surface area contributed by atoms with E-state index in [4.69, 9.17) is 5.11 Å². The Hall–Kier alpha value is -2.37. The minimum absolute atomic E-state index is 0.0174. The summed E-state index contributed by atoms with van der Waals surface area (Å²) >= 11 is 0. The molecule has 112 valence electrons. The smallest absolute Gasteiger partial charge is 0.303 e. The molecule has 6 heteroatoms. The van der Waals surface area contributed by atoms with Crippen molar-refractivity contribution in [2.75, 3.05) is 6.54 Å². The molecule has 2 rings (SSSR count). The summed E-state index contributed by atoms with van der Waals surface area (Å²) in [6, 6.07) is 5.34. The molecule has 0 aliphatic heterocycles. The second-order valence-electron chi connectivity index (χ2n) is 5.22. The van der Waals surface area contributed by atoms with Crippen molar-refractivity contribution in [2.24, 2.45) is 0 Å². The molecule has 0 spiro atoms. The molecule has 0 saturated heterocycles. The highest BCUT2D eigenvalue weighted by Crippen LogP contribution is 2.15. The molecule has 0 bridgehead atoms. The molecule has 0 saturated carbocycles. The summed E-state index contributed by atoms with van der Waals surface area (Å²) in [7, 11) is 0. The Labute approximate surface area is 122 Å². The van der Waals surface area contributed by atoms with E-state index in [-0.39, 0.29) is 18.4 Å². The van der Waals surface area contributed by atoms with Gasteiger partial charge in [-0.25, -0.2) is 4.98 Å². The summed E-state index contributed by atoms with van der Waals surface area (Å²) in [5, 5.41) is 8.70. The maximum Gasteiger partial charge on any atom is 0.303 e. The van der Waals surface area contributed by atoms with Crippen molar-refractivity contribution in [2.45, 2.75) is 32.7 Å². The number of benzene rings is 1. The van der Waals surface area contributed by atoms with Crippen LogP contribution in [0, 0.1) is 0 Å². The Balaban J connectivity index is 2.14. The molecule has 0 radical (unpaired) electrons. The molecule has 6 nitrogen and oxygen atoms in total. The van der Waals surface area contributed by atoms with Gasteiger partial charge in [0.05, 0.1) is 17.4 Å². The average Bonchev–Trinajstić information content (AvgIpc) is 2.89. The zero-order valence-corrected chi connectivity index (χ0v) is 12.2. The molecule has 0 aliphatic carbocycles. The molecule has 2 N–H and O–H groups in total. The van der Waals surface area contributed by atoms with Crippen LogP contribution in [0.5, 0.6) is 0 Å². The number of carboxylic acid groups (broad SMARTS) is 1. The summed E-state index contributed by atoms with van der Waals surface area (Å²) in [5.41, 5.74) is 2.21. The van der Waals surface area contributed by atoms with Gasteiger partial charge in [0, 0.05) is 24.6 Å². The summed E-state index contributed by atoms with van der Waals surface area (Å²) in [6.07, 6.45) is 2.10. The lowest BCUT2D eigenvalue weighted by molar-refractivity contribution is -0.137. The maximum absolute atomic E-state index is 12.6. The quantitative estimate of drug-likeness (QED) is 0.854. The van der Waals surface area contributed by atoms with E-state index in [1.54, 1.807) is 29.4 Å². The van der Waals surface area contributed by atoms with Crippen LogP contribution < -0.4 is 0 Å². The van der Waals surface area contributed by atoms with E-state index in [1.807, 2.05) is 13.8 Å². The fourth-order valence-corrected chi connectivity index (χ4v) is 2.23. The summed E-state index contributed by atoms with van der Waals surface area (Å²) < 4.78 is 0. The predicted molar refractivity (Wildman–Crippen MR) is 79.1 cm³/mol. The molecule has 1 heterocycles. The number of nitrogens with one attached hydrogen (secondary N) is 1. The van der Waals surface area contributed by atoms with E-state index in [1.165, 1.54) is 0 Å². The van der Waals surface area contributed by atoms with Gasteiger partial charge >= 0.3 is 5.97 Å². The zero-order chi connectivity index (χ0) is 15.4. The van der Waals surface area contributed by atoms with Gasteiger partial charge in [0.1, 0.15) is 0 Å².